The van der Waals surface area contributed by atoms with Crippen LogP contribution in [0.4, 0.5) is 0 Å². The van der Waals surface area contributed by atoms with Gasteiger partial charge in [-0.2, -0.15) is 13.9 Å². The van der Waals surface area contributed by atoms with E-state index in [4.69, 9.17) is 9.05 Å². The van der Waals surface area contributed by atoms with Gasteiger partial charge < -0.3 is 0 Å². The summed E-state index contributed by atoms with van der Waals surface area (Å²) < 4.78 is 10.4. The molecule has 3 nitrogen and oxygen atoms in total. The summed E-state index contributed by atoms with van der Waals surface area (Å²) in [5, 5.41) is 0. The van der Waals surface area contributed by atoms with E-state index in [0.29, 0.717) is 13.2 Å². The summed E-state index contributed by atoms with van der Waals surface area (Å²) >= 11 is 0. The Morgan fingerprint density at radius 1 is 0.800 bits per heavy atom. The van der Waals surface area contributed by atoms with Crippen molar-refractivity contribution in [3.05, 3.63) is 0 Å². The van der Waals surface area contributed by atoms with Gasteiger partial charge in [0.1, 0.15) is 0 Å². The van der Waals surface area contributed by atoms with E-state index in [0.717, 1.165) is 12.8 Å². The molecule has 0 amide bonds. The molecule has 0 aliphatic rings. The maximum atomic E-state index is 10.0. The summed E-state index contributed by atoms with van der Waals surface area (Å²) in [4.78, 5) is 10.0. The minimum absolute atomic E-state index is 0.427. The highest BCUT2D eigenvalue weighted by molar-refractivity contribution is 7.65. The molecule has 0 unspecified atom stereocenters. The highest BCUT2D eigenvalue weighted by Gasteiger charge is 2.38. The average Bonchev–Trinajstić information content (AvgIpc) is 2.41. The molecule has 20 heavy (non-hydrogen) atoms. The first kappa shape index (κ1) is 19.9. The second-order valence-corrected chi connectivity index (χ2v) is 6.65. The van der Waals surface area contributed by atoms with Crippen molar-refractivity contribution in [2.24, 2.45) is 0 Å². The fourth-order valence-electron chi connectivity index (χ4n) is 1.95. The summed E-state index contributed by atoms with van der Waals surface area (Å²) in [5.41, 5.74) is 2.79. The van der Waals surface area contributed by atoms with Crippen LogP contribution in [0.2, 0.25) is 0 Å². The Labute approximate surface area is 126 Å². The Morgan fingerprint density at radius 3 is 1.80 bits per heavy atom. The first-order chi connectivity index (χ1) is 9.68. The summed E-state index contributed by atoms with van der Waals surface area (Å²) in [7, 11) is -2.90. The van der Waals surface area contributed by atoms with Crippen LogP contribution < -0.4 is 0 Å². The van der Waals surface area contributed by atoms with Gasteiger partial charge in [-0.15, -0.1) is 0 Å². The van der Waals surface area contributed by atoms with Gasteiger partial charge in [-0.3, -0.25) is 0 Å². The first-order valence-corrected chi connectivity index (χ1v) is 9.67. The number of hydrogen-bond acceptors (Lipinski definition) is 3. The minimum Gasteiger partial charge on any atom is -0.182 e. The van der Waals surface area contributed by atoms with Crippen LogP contribution in [-0.4, -0.2) is 18.1 Å². The van der Waals surface area contributed by atoms with Gasteiger partial charge in [0.05, 0.1) is 13.2 Å². The summed E-state index contributed by atoms with van der Waals surface area (Å²) in [5.74, 6) is 3.01. The van der Waals surface area contributed by atoms with Crippen molar-refractivity contribution >= 4 is 7.94 Å². The summed E-state index contributed by atoms with van der Waals surface area (Å²) in [6.07, 6.45) is 11.2. The van der Waals surface area contributed by atoms with E-state index >= 15 is 0 Å². The van der Waals surface area contributed by atoms with E-state index in [1.165, 1.54) is 44.9 Å². The van der Waals surface area contributed by atoms with Gasteiger partial charge in [0.2, 0.25) is 0 Å². The second kappa shape index (κ2) is 13.8. The van der Waals surface area contributed by atoms with Crippen molar-refractivity contribution in [2.45, 2.75) is 78.6 Å². The van der Waals surface area contributed by atoms with Crippen molar-refractivity contribution in [2.75, 3.05) is 13.2 Å². The average molecular weight is 303 g/mol. The molecule has 0 rings (SSSR count). The number of unbranched alkanes of at least 4 members (excludes halogenated alkanes) is 8. The monoisotopic (exact) mass is 303 g/mol. The molecule has 4 heteroatoms. The highest BCUT2D eigenvalue weighted by atomic mass is 31.2. The predicted molar refractivity (Wildman–Crippen MR) is 87.4 cm³/mol. The van der Waals surface area contributed by atoms with Crippen LogP contribution in [0.25, 0.3) is 0 Å². The molecule has 0 saturated carbocycles. The molecular formula is C16H32O3P+. The van der Waals surface area contributed by atoms with Crippen molar-refractivity contribution in [3.8, 4) is 11.6 Å². The molecule has 0 aliphatic carbocycles. The van der Waals surface area contributed by atoms with Gasteiger partial charge in [-0.05, 0) is 20.3 Å². The summed E-state index contributed by atoms with van der Waals surface area (Å²) in [6, 6.07) is 0. The zero-order valence-electron chi connectivity index (χ0n) is 13.5. The van der Waals surface area contributed by atoms with Crippen molar-refractivity contribution in [3.63, 3.8) is 0 Å². The molecule has 0 atom stereocenters. The second-order valence-electron chi connectivity index (χ2n) is 4.87. The smallest absolute Gasteiger partial charge is 0.182 e. The Bertz CT molecular complexity index is 265. The van der Waals surface area contributed by atoms with E-state index in [1.54, 1.807) is 0 Å². The highest BCUT2D eigenvalue weighted by Crippen LogP contribution is 2.55. The fraction of sp³-hybridized carbons (Fsp3) is 0.875. The van der Waals surface area contributed by atoms with E-state index in [-0.39, 0.29) is 0 Å². The molecule has 0 saturated heterocycles. The van der Waals surface area contributed by atoms with E-state index < -0.39 is 7.94 Å². The minimum atomic E-state index is -2.90. The van der Waals surface area contributed by atoms with Crippen LogP contribution in [0.1, 0.15) is 78.6 Å². The molecule has 0 bridgehead atoms. The Hall–Kier alpha value is -0.130. The zero-order chi connectivity index (χ0) is 15.1. The van der Waals surface area contributed by atoms with Gasteiger partial charge in [-0.1, -0.05) is 57.8 Å². The van der Waals surface area contributed by atoms with E-state index in [1.807, 2.05) is 13.8 Å². The maximum absolute atomic E-state index is 10.0. The van der Waals surface area contributed by atoms with Crippen LogP contribution in [0.3, 0.4) is 0 Å². The molecule has 0 aromatic heterocycles. The quantitative estimate of drug-likeness (QED) is 0.302. The molecule has 0 aromatic rings. The lowest BCUT2D eigenvalue weighted by Gasteiger charge is -2.07. The molecule has 0 radical (unpaired) electrons. The third kappa shape index (κ3) is 11.7. The fourth-order valence-corrected chi connectivity index (χ4v) is 3.17. The van der Waals surface area contributed by atoms with Gasteiger partial charge in [0.15, 0.2) is 5.66 Å². The van der Waals surface area contributed by atoms with Gasteiger partial charge >= 0.3 is 7.94 Å². The molecule has 118 valence electrons. The van der Waals surface area contributed by atoms with Crippen molar-refractivity contribution in [1.82, 2.24) is 0 Å². The standard InChI is InChI=1S/C16H32O3P/c1-4-7-8-9-10-11-12-13-14-15-16-20(17,18-5-2)19-6-3/h17H,4-14H2,1-3H3/q+1. The lowest BCUT2D eigenvalue weighted by Crippen LogP contribution is -2.00. The van der Waals surface area contributed by atoms with E-state index in [9.17, 15) is 4.89 Å². The Balaban J connectivity index is 3.64. The SMILES string of the molecule is CCCCCCCCCCC#C[P+](O)(OCC)OCC. The van der Waals surface area contributed by atoms with Crippen LogP contribution in [-0.2, 0) is 9.05 Å². The Morgan fingerprint density at radius 2 is 1.30 bits per heavy atom. The number of rotatable bonds is 12. The normalized spacial score (nSPS) is 11.2. The molecule has 1 N–H and O–H groups in total. The third-order valence-electron chi connectivity index (χ3n) is 2.98. The lowest BCUT2D eigenvalue weighted by atomic mass is 10.1. The molecular weight excluding hydrogens is 271 g/mol. The first-order valence-electron chi connectivity index (χ1n) is 8.09. The van der Waals surface area contributed by atoms with Gasteiger partial charge in [0.25, 0.3) is 0 Å². The van der Waals surface area contributed by atoms with E-state index in [2.05, 4.69) is 18.5 Å². The maximum Gasteiger partial charge on any atom is 0.496 e. The van der Waals surface area contributed by atoms with Crippen LogP contribution in [0.5, 0.6) is 0 Å². The van der Waals surface area contributed by atoms with Gasteiger partial charge in [-0.25, -0.2) is 0 Å². The number of hydrogen-bond donors (Lipinski definition) is 1. The van der Waals surface area contributed by atoms with Crippen molar-refractivity contribution < 1.29 is 13.9 Å². The topological polar surface area (TPSA) is 38.7 Å². The van der Waals surface area contributed by atoms with Crippen LogP contribution in [0.15, 0.2) is 0 Å². The Kier molecular flexibility index (Phi) is 13.7. The predicted octanol–water partition coefficient (Wildman–Crippen LogP) is 5.31. The lowest BCUT2D eigenvalue weighted by molar-refractivity contribution is 0.201. The molecule has 0 aromatic carbocycles. The zero-order valence-corrected chi connectivity index (χ0v) is 14.4. The molecule has 0 aliphatic heterocycles. The van der Waals surface area contributed by atoms with Crippen LogP contribution in [0, 0.1) is 11.6 Å². The van der Waals surface area contributed by atoms with Gasteiger partial charge in [0, 0.05) is 6.42 Å². The molecule has 0 fully saturated rings. The molecule has 0 spiro atoms. The molecule has 0 heterocycles. The summed E-state index contributed by atoms with van der Waals surface area (Å²) in [6.45, 7) is 6.77. The third-order valence-corrected chi connectivity index (χ3v) is 4.64. The largest absolute Gasteiger partial charge is 0.496 e. The van der Waals surface area contributed by atoms with Crippen molar-refractivity contribution in [1.29, 1.82) is 0 Å². The van der Waals surface area contributed by atoms with Crippen LogP contribution >= 0.6 is 7.94 Å².